The lowest BCUT2D eigenvalue weighted by atomic mass is 10.1. The molecular weight excluding hydrogens is 162 g/mol. The van der Waals surface area contributed by atoms with Gasteiger partial charge in [-0.3, -0.25) is 0 Å². The first-order chi connectivity index (χ1) is 6.33. The Morgan fingerprint density at radius 3 is 2.77 bits per heavy atom. The minimum Gasteiger partial charge on any atom is -0.441 e. The molecule has 2 heteroatoms. The van der Waals surface area contributed by atoms with Crippen molar-refractivity contribution >= 4 is 11.1 Å². The first kappa shape index (κ1) is 8.30. The Hall–Kier alpha value is -1.31. The molecule has 1 aromatic heterocycles. The van der Waals surface area contributed by atoms with Gasteiger partial charge < -0.3 is 4.42 Å². The molecule has 2 nitrogen and oxygen atoms in total. The van der Waals surface area contributed by atoms with Gasteiger partial charge in [-0.25, -0.2) is 4.98 Å². The van der Waals surface area contributed by atoms with Crippen molar-refractivity contribution in [2.24, 2.45) is 0 Å². The van der Waals surface area contributed by atoms with Crippen molar-refractivity contribution in [3.63, 3.8) is 0 Å². The number of benzene rings is 1. The van der Waals surface area contributed by atoms with E-state index in [1.807, 2.05) is 13.0 Å². The second kappa shape index (κ2) is 3.21. The van der Waals surface area contributed by atoms with Crippen LogP contribution in [0.5, 0.6) is 0 Å². The summed E-state index contributed by atoms with van der Waals surface area (Å²) < 4.78 is 5.55. The molecule has 0 atom stereocenters. The molecule has 0 amide bonds. The van der Waals surface area contributed by atoms with Crippen LogP contribution in [0.3, 0.4) is 0 Å². The lowest BCUT2D eigenvalue weighted by Gasteiger charge is -1.92. The Labute approximate surface area is 77.6 Å². The Morgan fingerprint density at radius 1 is 1.23 bits per heavy atom. The van der Waals surface area contributed by atoms with Gasteiger partial charge in [0, 0.05) is 6.42 Å². The van der Waals surface area contributed by atoms with Gasteiger partial charge in [0.05, 0.1) is 0 Å². The number of hydrogen-bond acceptors (Lipinski definition) is 2. The van der Waals surface area contributed by atoms with Gasteiger partial charge in [0.25, 0.3) is 0 Å². The molecule has 0 bridgehead atoms. The fourth-order valence-electron chi connectivity index (χ4n) is 1.39. The van der Waals surface area contributed by atoms with Crippen LogP contribution in [0.1, 0.15) is 25.3 Å². The molecule has 0 saturated carbocycles. The monoisotopic (exact) mass is 175 g/mol. The topological polar surface area (TPSA) is 26.0 Å². The highest BCUT2D eigenvalue weighted by molar-refractivity contribution is 5.73. The Balaban J connectivity index is 2.57. The molecule has 0 spiro atoms. The highest BCUT2D eigenvalue weighted by atomic mass is 16.3. The van der Waals surface area contributed by atoms with Gasteiger partial charge >= 0.3 is 0 Å². The van der Waals surface area contributed by atoms with Crippen molar-refractivity contribution < 1.29 is 4.42 Å². The summed E-state index contributed by atoms with van der Waals surface area (Å²) in [5.74, 6) is 0.822. The van der Waals surface area contributed by atoms with Crippen LogP contribution in [-0.2, 0) is 12.8 Å². The van der Waals surface area contributed by atoms with Gasteiger partial charge in [0.1, 0.15) is 5.52 Å². The highest BCUT2D eigenvalue weighted by Crippen LogP contribution is 2.17. The van der Waals surface area contributed by atoms with E-state index in [1.54, 1.807) is 0 Å². The van der Waals surface area contributed by atoms with Crippen molar-refractivity contribution in [3.8, 4) is 0 Å². The van der Waals surface area contributed by atoms with Crippen LogP contribution in [0.15, 0.2) is 22.6 Å². The summed E-state index contributed by atoms with van der Waals surface area (Å²) in [6.07, 6.45) is 1.90. The average Bonchev–Trinajstić information content (AvgIpc) is 2.58. The van der Waals surface area contributed by atoms with E-state index in [-0.39, 0.29) is 0 Å². The fourth-order valence-corrected chi connectivity index (χ4v) is 1.39. The Kier molecular flexibility index (Phi) is 2.05. The van der Waals surface area contributed by atoms with E-state index in [4.69, 9.17) is 4.42 Å². The molecule has 2 aromatic rings. The molecule has 2 rings (SSSR count). The third-order valence-electron chi connectivity index (χ3n) is 2.21. The maximum absolute atomic E-state index is 5.55. The maximum Gasteiger partial charge on any atom is 0.195 e. The van der Waals surface area contributed by atoms with Crippen molar-refractivity contribution in [3.05, 3.63) is 29.7 Å². The van der Waals surface area contributed by atoms with Gasteiger partial charge in [-0.05, 0) is 24.1 Å². The summed E-state index contributed by atoms with van der Waals surface area (Å²) in [5.41, 5.74) is 3.18. The summed E-state index contributed by atoms with van der Waals surface area (Å²) in [5, 5.41) is 0. The smallest absolute Gasteiger partial charge is 0.195 e. The van der Waals surface area contributed by atoms with E-state index in [0.717, 1.165) is 29.8 Å². The van der Waals surface area contributed by atoms with Gasteiger partial charge in [-0.15, -0.1) is 0 Å². The third-order valence-corrected chi connectivity index (χ3v) is 2.21. The number of aryl methyl sites for hydroxylation is 2. The SMILES string of the molecule is CCc1ccc2nc(CC)oc2c1. The first-order valence-electron chi connectivity index (χ1n) is 4.71. The van der Waals surface area contributed by atoms with Crippen molar-refractivity contribution in [2.75, 3.05) is 0 Å². The van der Waals surface area contributed by atoms with E-state index in [2.05, 4.69) is 24.0 Å². The van der Waals surface area contributed by atoms with E-state index in [1.165, 1.54) is 5.56 Å². The summed E-state index contributed by atoms with van der Waals surface area (Å²) in [6.45, 7) is 4.18. The van der Waals surface area contributed by atoms with Gasteiger partial charge in [-0.1, -0.05) is 19.9 Å². The highest BCUT2D eigenvalue weighted by Gasteiger charge is 2.03. The predicted octanol–water partition coefficient (Wildman–Crippen LogP) is 2.95. The molecule has 68 valence electrons. The number of fused-ring (bicyclic) bond motifs is 1. The van der Waals surface area contributed by atoms with E-state index in [9.17, 15) is 0 Å². The fraction of sp³-hybridized carbons (Fsp3) is 0.364. The van der Waals surface area contributed by atoms with Crippen molar-refractivity contribution in [2.45, 2.75) is 26.7 Å². The first-order valence-corrected chi connectivity index (χ1v) is 4.71. The van der Waals surface area contributed by atoms with E-state index in [0.29, 0.717) is 0 Å². The summed E-state index contributed by atoms with van der Waals surface area (Å²) >= 11 is 0. The molecule has 0 unspecified atom stereocenters. The van der Waals surface area contributed by atoms with Crippen LogP contribution in [0, 0.1) is 0 Å². The van der Waals surface area contributed by atoms with Crippen molar-refractivity contribution in [1.82, 2.24) is 4.98 Å². The minimum atomic E-state index is 0.822. The summed E-state index contributed by atoms with van der Waals surface area (Å²) in [4.78, 5) is 4.34. The van der Waals surface area contributed by atoms with Crippen LogP contribution in [0.4, 0.5) is 0 Å². The van der Waals surface area contributed by atoms with Crippen LogP contribution in [0.2, 0.25) is 0 Å². The maximum atomic E-state index is 5.55. The van der Waals surface area contributed by atoms with Crippen LogP contribution in [0.25, 0.3) is 11.1 Å². The van der Waals surface area contributed by atoms with Gasteiger partial charge in [0.15, 0.2) is 11.5 Å². The number of rotatable bonds is 2. The van der Waals surface area contributed by atoms with E-state index >= 15 is 0 Å². The zero-order chi connectivity index (χ0) is 9.26. The quantitative estimate of drug-likeness (QED) is 0.701. The molecule has 0 saturated heterocycles. The molecule has 0 aliphatic rings. The Morgan fingerprint density at radius 2 is 2.08 bits per heavy atom. The number of hydrogen-bond donors (Lipinski definition) is 0. The van der Waals surface area contributed by atoms with Crippen LogP contribution >= 0.6 is 0 Å². The van der Waals surface area contributed by atoms with Crippen molar-refractivity contribution in [1.29, 1.82) is 0 Å². The molecule has 0 N–H and O–H groups in total. The normalized spacial score (nSPS) is 10.9. The molecule has 13 heavy (non-hydrogen) atoms. The molecule has 0 radical (unpaired) electrons. The molecule has 1 heterocycles. The van der Waals surface area contributed by atoms with E-state index < -0.39 is 0 Å². The third kappa shape index (κ3) is 1.44. The summed E-state index contributed by atoms with van der Waals surface area (Å²) in [7, 11) is 0. The minimum absolute atomic E-state index is 0.822. The lowest BCUT2D eigenvalue weighted by molar-refractivity contribution is 0.538. The van der Waals surface area contributed by atoms with Gasteiger partial charge in [-0.2, -0.15) is 0 Å². The second-order valence-electron chi connectivity index (χ2n) is 3.12. The Bertz CT molecular complexity index is 415. The number of oxazole rings is 1. The molecule has 0 fully saturated rings. The zero-order valence-corrected chi connectivity index (χ0v) is 8.00. The van der Waals surface area contributed by atoms with Crippen LogP contribution in [-0.4, -0.2) is 4.98 Å². The molecular formula is C11H13NO. The molecule has 0 aliphatic carbocycles. The molecule has 0 aliphatic heterocycles. The lowest BCUT2D eigenvalue weighted by Crippen LogP contribution is -1.77. The van der Waals surface area contributed by atoms with Gasteiger partial charge in [0.2, 0.25) is 0 Å². The number of nitrogens with zero attached hydrogens (tertiary/aromatic N) is 1. The molecule has 1 aromatic carbocycles. The standard InChI is InChI=1S/C11H13NO/c1-3-8-5-6-9-10(7-8)13-11(4-2)12-9/h5-7H,3-4H2,1-2H3. The average molecular weight is 175 g/mol. The van der Waals surface area contributed by atoms with Crippen LogP contribution < -0.4 is 0 Å². The number of aromatic nitrogens is 1. The zero-order valence-electron chi connectivity index (χ0n) is 8.00. The summed E-state index contributed by atoms with van der Waals surface area (Å²) in [6, 6.07) is 6.20. The largest absolute Gasteiger partial charge is 0.441 e. The predicted molar refractivity (Wildman–Crippen MR) is 52.8 cm³/mol. The second-order valence-corrected chi connectivity index (χ2v) is 3.12.